The molecule has 0 aromatic heterocycles. The molecule has 2 saturated carbocycles. The molecule has 3 fully saturated rings. The Bertz CT molecular complexity index is 400. The Kier molecular flexibility index (Phi) is 3.63. The molecule has 0 aromatic rings. The first kappa shape index (κ1) is 14.4. The van der Waals surface area contributed by atoms with Gasteiger partial charge in [0, 0.05) is 25.2 Å². The van der Waals surface area contributed by atoms with Gasteiger partial charge in [-0.05, 0) is 48.9 Å². The summed E-state index contributed by atoms with van der Waals surface area (Å²) in [5, 5.41) is 4.03. The minimum Gasteiger partial charge on any atom is -0.311 e. The summed E-state index contributed by atoms with van der Waals surface area (Å²) in [5.41, 5.74) is 1.03. The van der Waals surface area contributed by atoms with Crippen LogP contribution in [-0.2, 0) is 0 Å². The quantitative estimate of drug-likeness (QED) is 0.796. The highest BCUT2D eigenvalue weighted by atomic mass is 15.1. The van der Waals surface area contributed by atoms with Gasteiger partial charge < -0.3 is 5.32 Å². The van der Waals surface area contributed by atoms with Gasteiger partial charge in [-0.3, -0.25) is 4.90 Å². The molecule has 2 heteroatoms. The second-order valence-corrected chi connectivity index (χ2v) is 8.08. The minimum absolute atomic E-state index is 0.508. The van der Waals surface area contributed by atoms with Crippen molar-refractivity contribution in [1.29, 1.82) is 0 Å². The summed E-state index contributed by atoms with van der Waals surface area (Å²) >= 11 is 0. The Labute approximate surface area is 124 Å². The molecular formula is C18H30N2. The molecular weight excluding hydrogens is 244 g/mol. The fourth-order valence-electron chi connectivity index (χ4n) is 5.13. The van der Waals surface area contributed by atoms with Crippen molar-refractivity contribution in [3.63, 3.8) is 0 Å². The van der Waals surface area contributed by atoms with E-state index >= 15 is 0 Å². The van der Waals surface area contributed by atoms with Crippen molar-refractivity contribution >= 4 is 0 Å². The van der Waals surface area contributed by atoms with Crippen molar-refractivity contribution < 1.29 is 0 Å². The van der Waals surface area contributed by atoms with Gasteiger partial charge in [0.05, 0.1) is 6.54 Å². The maximum absolute atomic E-state index is 5.41. The first-order valence-corrected chi connectivity index (χ1v) is 8.39. The fraction of sp³-hybridized carbons (Fsp3) is 0.889. The molecule has 3 rings (SSSR count). The van der Waals surface area contributed by atoms with Gasteiger partial charge in [0.25, 0.3) is 0 Å². The number of hydrogen-bond acceptors (Lipinski definition) is 2. The van der Waals surface area contributed by atoms with Crippen LogP contribution in [0.25, 0.3) is 0 Å². The smallest absolute Gasteiger partial charge is 0.0598 e. The Hall–Kier alpha value is -0.520. The van der Waals surface area contributed by atoms with E-state index < -0.39 is 0 Å². The first-order valence-electron chi connectivity index (χ1n) is 8.39. The topological polar surface area (TPSA) is 15.3 Å². The number of fused-ring (bicyclic) bond motifs is 2. The number of nitrogens with one attached hydrogen (secondary N) is 1. The number of piperidine rings is 1. The molecule has 3 atom stereocenters. The zero-order chi connectivity index (χ0) is 14.4. The van der Waals surface area contributed by atoms with E-state index in [0.29, 0.717) is 16.9 Å². The van der Waals surface area contributed by atoms with Crippen LogP contribution in [0.5, 0.6) is 0 Å². The highest BCUT2D eigenvalue weighted by Gasteiger charge is 2.61. The standard InChI is InChI=1S/C18H30N2/c1-5-10-20-11-7-15(8-12-20)19-16-13-14-6-9-18(16,4)17(14,2)3/h1,14-16,19H,6-13H2,2-4H3. The Morgan fingerprint density at radius 1 is 1.20 bits per heavy atom. The fourth-order valence-corrected chi connectivity index (χ4v) is 5.13. The predicted molar refractivity (Wildman–Crippen MR) is 84.4 cm³/mol. The zero-order valence-electron chi connectivity index (χ0n) is 13.4. The monoisotopic (exact) mass is 274 g/mol. The van der Waals surface area contributed by atoms with E-state index in [9.17, 15) is 0 Å². The molecule has 1 saturated heterocycles. The molecule has 0 amide bonds. The number of likely N-dealkylation sites (tertiary alicyclic amines) is 1. The second kappa shape index (κ2) is 5.04. The third kappa shape index (κ3) is 2.11. The summed E-state index contributed by atoms with van der Waals surface area (Å²) in [6, 6.07) is 1.45. The maximum Gasteiger partial charge on any atom is 0.0598 e. The third-order valence-electron chi connectivity index (χ3n) is 7.13. The molecule has 20 heavy (non-hydrogen) atoms. The van der Waals surface area contributed by atoms with Crippen LogP contribution < -0.4 is 5.32 Å². The lowest BCUT2D eigenvalue weighted by molar-refractivity contribution is 0.105. The Balaban J connectivity index is 1.57. The van der Waals surface area contributed by atoms with E-state index in [4.69, 9.17) is 6.42 Å². The summed E-state index contributed by atoms with van der Waals surface area (Å²) in [6.45, 7) is 10.7. The Morgan fingerprint density at radius 2 is 1.90 bits per heavy atom. The molecule has 2 nitrogen and oxygen atoms in total. The van der Waals surface area contributed by atoms with Crippen molar-refractivity contribution in [1.82, 2.24) is 10.2 Å². The van der Waals surface area contributed by atoms with E-state index in [1.807, 2.05) is 0 Å². The van der Waals surface area contributed by atoms with Crippen molar-refractivity contribution in [2.75, 3.05) is 19.6 Å². The van der Waals surface area contributed by atoms with E-state index in [0.717, 1.165) is 31.6 Å². The largest absolute Gasteiger partial charge is 0.311 e. The van der Waals surface area contributed by atoms with Gasteiger partial charge in [0.2, 0.25) is 0 Å². The SMILES string of the molecule is C#CCN1CCC(NC2CC3CCC2(C)C3(C)C)CC1. The summed E-state index contributed by atoms with van der Waals surface area (Å²) in [6.07, 6.45) is 12.2. The van der Waals surface area contributed by atoms with E-state index in [1.165, 1.54) is 32.1 Å². The second-order valence-electron chi connectivity index (χ2n) is 8.08. The van der Waals surface area contributed by atoms with Crippen LogP contribution in [0.4, 0.5) is 0 Å². The van der Waals surface area contributed by atoms with Gasteiger partial charge in [0.1, 0.15) is 0 Å². The van der Waals surface area contributed by atoms with E-state index in [1.54, 1.807) is 0 Å². The van der Waals surface area contributed by atoms with Crippen LogP contribution in [0.1, 0.15) is 52.9 Å². The molecule has 1 N–H and O–H groups in total. The summed E-state index contributed by atoms with van der Waals surface area (Å²) in [4.78, 5) is 2.41. The predicted octanol–water partition coefficient (Wildman–Crippen LogP) is 2.89. The molecule has 0 radical (unpaired) electrons. The van der Waals surface area contributed by atoms with Crippen molar-refractivity contribution in [3.8, 4) is 12.3 Å². The third-order valence-corrected chi connectivity index (χ3v) is 7.13. The highest BCUT2D eigenvalue weighted by molar-refractivity contribution is 5.13. The molecule has 1 aliphatic heterocycles. The van der Waals surface area contributed by atoms with Gasteiger partial charge in [-0.2, -0.15) is 0 Å². The van der Waals surface area contributed by atoms with Crippen LogP contribution >= 0.6 is 0 Å². The summed E-state index contributed by atoms with van der Waals surface area (Å²) in [5.74, 6) is 3.71. The van der Waals surface area contributed by atoms with Gasteiger partial charge in [0.15, 0.2) is 0 Å². The number of hydrogen-bond donors (Lipinski definition) is 1. The lowest BCUT2D eigenvalue weighted by Gasteiger charge is -2.42. The van der Waals surface area contributed by atoms with Crippen molar-refractivity contribution in [3.05, 3.63) is 0 Å². The molecule has 2 aliphatic carbocycles. The van der Waals surface area contributed by atoms with Crippen LogP contribution in [0.3, 0.4) is 0 Å². The van der Waals surface area contributed by atoms with Crippen molar-refractivity contribution in [2.45, 2.75) is 65.0 Å². The number of nitrogens with zero attached hydrogens (tertiary/aromatic N) is 1. The lowest BCUT2D eigenvalue weighted by atomic mass is 9.69. The Morgan fingerprint density at radius 3 is 2.40 bits per heavy atom. The van der Waals surface area contributed by atoms with Crippen molar-refractivity contribution in [2.24, 2.45) is 16.7 Å². The van der Waals surface area contributed by atoms with Crippen LogP contribution in [0.15, 0.2) is 0 Å². The molecule has 0 spiro atoms. The van der Waals surface area contributed by atoms with E-state index in [2.05, 4.69) is 36.9 Å². The van der Waals surface area contributed by atoms with Crippen LogP contribution in [0, 0.1) is 29.1 Å². The lowest BCUT2D eigenvalue weighted by Crippen LogP contribution is -2.51. The summed E-state index contributed by atoms with van der Waals surface area (Å²) < 4.78 is 0. The van der Waals surface area contributed by atoms with Gasteiger partial charge in [-0.15, -0.1) is 6.42 Å². The van der Waals surface area contributed by atoms with Crippen LogP contribution in [-0.4, -0.2) is 36.6 Å². The van der Waals surface area contributed by atoms with Gasteiger partial charge in [-0.1, -0.05) is 26.7 Å². The average Bonchev–Trinajstić information content (AvgIpc) is 2.74. The molecule has 0 aromatic carbocycles. The zero-order valence-corrected chi connectivity index (χ0v) is 13.4. The maximum atomic E-state index is 5.41. The first-order chi connectivity index (χ1) is 9.47. The molecule has 112 valence electrons. The van der Waals surface area contributed by atoms with Gasteiger partial charge >= 0.3 is 0 Å². The highest BCUT2D eigenvalue weighted by Crippen LogP contribution is 2.65. The molecule has 3 aliphatic rings. The average molecular weight is 274 g/mol. The molecule has 3 unspecified atom stereocenters. The number of terminal acetylenes is 1. The van der Waals surface area contributed by atoms with Gasteiger partial charge in [-0.25, -0.2) is 0 Å². The van der Waals surface area contributed by atoms with E-state index in [-0.39, 0.29) is 0 Å². The minimum atomic E-state index is 0.508. The molecule has 1 heterocycles. The summed E-state index contributed by atoms with van der Waals surface area (Å²) in [7, 11) is 0. The van der Waals surface area contributed by atoms with Crippen LogP contribution in [0.2, 0.25) is 0 Å². The molecule has 2 bridgehead atoms. The number of rotatable bonds is 3. The normalized spacial score (nSPS) is 40.9.